The maximum atomic E-state index is 12.8. The Morgan fingerprint density at radius 2 is 1.90 bits per heavy atom. The summed E-state index contributed by atoms with van der Waals surface area (Å²) in [6.45, 7) is 2.15. The predicted octanol–water partition coefficient (Wildman–Crippen LogP) is 2.12. The Kier molecular flexibility index (Phi) is 4.70. The molecule has 2 aromatic carbocycles. The normalized spacial score (nSPS) is 18.2. The summed E-state index contributed by atoms with van der Waals surface area (Å²) in [6, 6.07) is 9.80. The van der Waals surface area contributed by atoms with E-state index in [1.165, 1.54) is 12.1 Å². The Morgan fingerprint density at radius 1 is 1.14 bits per heavy atom. The quantitative estimate of drug-likeness (QED) is 0.819. The van der Waals surface area contributed by atoms with Crippen LogP contribution in [0.3, 0.4) is 0 Å². The van der Waals surface area contributed by atoms with Gasteiger partial charge in [0.2, 0.25) is 18.6 Å². The lowest BCUT2D eigenvalue weighted by Crippen LogP contribution is -2.28. The highest BCUT2D eigenvalue weighted by Crippen LogP contribution is 2.37. The molecule has 9 heteroatoms. The zero-order valence-electron chi connectivity index (χ0n) is 16.0. The SMILES string of the molecule is Cc1ccc(S(C)(=O)=O)cc1NC(=O)C1CC(=O)N(c2ccc3c(c2)OCO3)C1. The molecule has 1 atom stereocenters. The molecule has 2 aliphatic heterocycles. The number of amides is 2. The summed E-state index contributed by atoms with van der Waals surface area (Å²) in [5.74, 6) is 0.155. The summed E-state index contributed by atoms with van der Waals surface area (Å²) in [7, 11) is -3.39. The number of aryl methyl sites for hydroxylation is 1. The Morgan fingerprint density at radius 3 is 2.66 bits per heavy atom. The lowest BCUT2D eigenvalue weighted by molar-refractivity contribution is -0.122. The first-order valence-electron chi connectivity index (χ1n) is 9.04. The third-order valence-corrected chi connectivity index (χ3v) is 6.17. The van der Waals surface area contributed by atoms with E-state index in [4.69, 9.17) is 9.47 Å². The number of carbonyl (C=O) groups excluding carboxylic acids is 2. The number of fused-ring (bicyclic) bond motifs is 1. The maximum Gasteiger partial charge on any atom is 0.231 e. The molecule has 0 aliphatic carbocycles. The maximum absolute atomic E-state index is 12.8. The molecule has 2 aliphatic rings. The molecular formula is C20H20N2O6S. The Labute approximate surface area is 168 Å². The van der Waals surface area contributed by atoms with Crippen molar-refractivity contribution in [1.82, 2.24) is 0 Å². The molecule has 0 bridgehead atoms. The molecule has 2 aromatic rings. The van der Waals surface area contributed by atoms with E-state index in [-0.39, 0.29) is 36.5 Å². The number of hydrogen-bond acceptors (Lipinski definition) is 6. The monoisotopic (exact) mass is 416 g/mol. The molecule has 1 N–H and O–H groups in total. The summed E-state index contributed by atoms with van der Waals surface area (Å²) < 4.78 is 34.2. The van der Waals surface area contributed by atoms with Crippen molar-refractivity contribution in [3.8, 4) is 11.5 Å². The summed E-state index contributed by atoms with van der Waals surface area (Å²) in [4.78, 5) is 26.9. The largest absolute Gasteiger partial charge is 0.454 e. The second-order valence-corrected chi connectivity index (χ2v) is 9.20. The van der Waals surface area contributed by atoms with E-state index in [9.17, 15) is 18.0 Å². The van der Waals surface area contributed by atoms with Crippen molar-refractivity contribution < 1.29 is 27.5 Å². The number of nitrogens with one attached hydrogen (secondary N) is 1. The van der Waals surface area contributed by atoms with Gasteiger partial charge in [0.25, 0.3) is 0 Å². The minimum atomic E-state index is -3.39. The van der Waals surface area contributed by atoms with Gasteiger partial charge in [-0.25, -0.2) is 8.42 Å². The van der Waals surface area contributed by atoms with Crippen LogP contribution < -0.4 is 19.7 Å². The molecule has 29 heavy (non-hydrogen) atoms. The van der Waals surface area contributed by atoms with Crippen LogP contribution in [-0.2, 0) is 19.4 Å². The molecule has 1 saturated heterocycles. The number of carbonyl (C=O) groups is 2. The number of nitrogens with zero attached hydrogens (tertiary/aromatic N) is 1. The summed E-state index contributed by atoms with van der Waals surface area (Å²) >= 11 is 0. The molecule has 2 heterocycles. The van der Waals surface area contributed by atoms with Crippen molar-refractivity contribution >= 4 is 33.0 Å². The van der Waals surface area contributed by atoms with Crippen LogP contribution >= 0.6 is 0 Å². The minimum Gasteiger partial charge on any atom is -0.454 e. The van der Waals surface area contributed by atoms with Crippen LogP contribution in [0.25, 0.3) is 0 Å². The average Bonchev–Trinajstić information content (AvgIpc) is 3.28. The van der Waals surface area contributed by atoms with Crippen LogP contribution in [0, 0.1) is 12.8 Å². The second kappa shape index (κ2) is 7.07. The first-order valence-corrected chi connectivity index (χ1v) is 10.9. The van der Waals surface area contributed by atoms with Gasteiger partial charge in [0.1, 0.15) is 0 Å². The lowest BCUT2D eigenvalue weighted by atomic mass is 10.1. The molecule has 1 fully saturated rings. The third-order valence-electron chi connectivity index (χ3n) is 5.06. The number of ether oxygens (including phenoxy) is 2. The predicted molar refractivity (Wildman–Crippen MR) is 106 cm³/mol. The van der Waals surface area contributed by atoms with Crippen LogP contribution in [0.15, 0.2) is 41.3 Å². The minimum absolute atomic E-state index is 0.0745. The van der Waals surface area contributed by atoms with Gasteiger partial charge in [-0.3, -0.25) is 9.59 Å². The highest BCUT2D eigenvalue weighted by molar-refractivity contribution is 7.90. The summed E-state index contributed by atoms with van der Waals surface area (Å²) in [5.41, 5.74) is 1.81. The van der Waals surface area contributed by atoms with E-state index in [1.54, 1.807) is 36.1 Å². The van der Waals surface area contributed by atoms with Gasteiger partial charge < -0.3 is 19.7 Å². The van der Waals surface area contributed by atoms with Crippen molar-refractivity contribution in [2.24, 2.45) is 5.92 Å². The molecular weight excluding hydrogens is 396 g/mol. The van der Waals surface area contributed by atoms with E-state index in [2.05, 4.69) is 5.32 Å². The van der Waals surface area contributed by atoms with Gasteiger partial charge in [0, 0.05) is 36.7 Å². The van der Waals surface area contributed by atoms with E-state index < -0.39 is 15.8 Å². The fourth-order valence-electron chi connectivity index (χ4n) is 3.39. The van der Waals surface area contributed by atoms with Gasteiger partial charge in [0.15, 0.2) is 21.3 Å². The zero-order valence-corrected chi connectivity index (χ0v) is 16.8. The van der Waals surface area contributed by atoms with Crippen LogP contribution in [0.2, 0.25) is 0 Å². The topological polar surface area (TPSA) is 102 Å². The van der Waals surface area contributed by atoms with Crippen molar-refractivity contribution in [3.63, 3.8) is 0 Å². The fraction of sp³-hybridized carbons (Fsp3) is 0.300. The van der Waals surface area contributed by atoms with Crippen LogP contribution in [0.5, 0.6) is 11.5 Å². The number of rotatable bonds is 4. The average molecular weight is 416 g/mol. The van der Waals surface area contributed by atoms with Gasteiger partial charge in [-0.1, -0.05) is 6.07 Å². The lowest BCUT2D eigenvalue weighted by Gasteiger charge is -2.17. The second-order valence-electron chi connectivity index (χ2n) is 7.18. The molecule has 0 spiro atoms. The highest BCUT2D eigenvalue weighted by Gasteiger charge is 2.36. The molecule has 1 unspecified atom stereocenters. The summed E-state index contributed by atoms with van der Waals surface area (Å²) in [6.07, 6.45) is 1.19. The summed E-state index contributed by atoms with van der Waals surface area (Å²) in [5, 5.41) is 2.77. The molecule has 8 nitrogen and oxygen atoms in total. The fourth-order valence-corrected chi connectivity index (χ4v) is 4.03. The van der Waals surface area contributed by atoms with E-state index in [0.29, 0.717) is 22.9 Å². The Balaban J connectivity index is 1.50. The van der Waals surface area contributed by atoms with Gasteiger partial charge in [-0.15, -0.1) is 0 Å². The Bertz CT molecular complexity index is 1110. The van der Waals surface area contributed by atoms with Gasteiger partial charge in [-0.05, 0) is 36.8 Å². The van der Waals surface area contributed by atoms with Crippen LogP contribution in [-0.4, -0.2) is 39.8 Å². The molecule has 2 amide bonds. The van der Waals surface area contributed by atoms with E-state index in [1.807, 2.05) is 0 Å². The smallest absolute Gasteiger partial charge is 0.231 e. The molecule has 152 valence electrons. The third kappa shape index (κ3) is 3.77. The van der Waals surface area contributed by atoms with Crippen molar-refractivity contribution in [3.05, 3.63) is 42.0 Å². The Hall–Kier alpha value is -3.07. The van der Waals surface area contributed by atoms with E-state index in [0.717, 1.165) is 11.8 Å². The molecule has 0 saturated carbocycles. The zero-order chi connectivity index (χ0) is 20.8. The van der Waals surface area contributed by atoms with Crippen molar-refractivity contribution in [1.29, 1.82) is 0 Å². The molecule has 0 radical (unpaired) electrons. The first-order chi connectivity index (χ1) is 13.7. The number of anilines is 2. The molecule has 4 rings (SSSR count). The van der Waals surface area contributed by atoms with Gasteiger partial charge in [0.05, 0.1) is 10.8 Å². The molecule has 0 aromatic heterocycles. The highest BCUT2D eigenvalue weighted by atomic mass is 32.2. The van der Waals surface area contributed by atoms with Crippen LogP contribution in [0.1, 0.15) is 12.0 Å². The number of benzene rings is 2. The van der Waals surface area contributed by atoms with Gasteiger partial charge in [-0.2, -0.15) is 0 Å². The number of hydrogen-bond donors (Lipinski definition) is 1. The number of sulfone groups is 1. The van der Waals surface area contributed by atoms with Crippen LogP contribution in [0.4, 0.5) is 11.4 Å². The first kappa shape index (κ1) is 19.3. The van der Waals surface area contributed by atoms with Gasteiger partial charge >= 0.3 is 0 Å². The van der Waals surface area contributed by atoms with E-state index >= 15 is 0 Å². The van der Waals surface area contributed by atoms with Crippen molar-refractivity contribution in [2.75, 3.05) is 29.8 Å². The standard InChI is InChI=1S/C20H20N2O6S/c1-12-3-5-15(29(2,25)26)9-16(12)21-20(24)13-7-19(23)22(10-13)14-4-6-17-18(8-14)28-11-27-17/h3-6,8-9,13H,7,10-11H2,1-2H3,(H,21,24). The van der Waals surface area contributed by atoms with Crippen molar-refractivity contribution in [2.45, 2.75) is 18.2 Å².